The summed E-state index contributed by atoms with van der Waals surface area (Å²) in [5.74, 6) is -39.0. The molecule has 2 aliphatic heterocycles. The fourth-order valence-electron chi connectivity index (χ4n) is 4.62. The maximum atomic E-state index is 14.4. The number of carbonyl (C=O) groups is 1. The number of alkyl halides is 18. The van der Waals surface area contributed by atoms with Crippen molar-refractivity contribution < 1.29 is 108 Å². The van der Waals surface area contributed by atoms with Gasteiger partial charge < -0.3 is 0 Å². The second kappa shape index (κ2) is 13.7. The maximum Gasteiger partial charge on any atom is 0.460 e. The molecule has 0 aliphatic carbocycles. The molecule has 2 rings (SSSR count). The van der Waals surface area contributed by atoms with Crippen molar-refractivity contribution >= 4 is 46.6 Å². The topological polar surface area (TPSA) is 104 Å². The molecular weight excluding hydrogens is 834 g/mol. The standard InChI is InChI=1S/C21H24F18O7S4/c22-14(23,18(30,31)32)16(26,27)20(36,37)49(41,42)45-47(7-3-1-4-8-47)11-13(40)12-48(9-5-2-6-10-48)46-50(43,44)21(38,39)17(28,29)15(24,25)19(33,34)35/h1-12H2. The first-order valence-corrected chi connectivity index (χ1v) is 20.2. The van der Waals surface area contributed by atoms with Crippen molar-refractivity contribution in [2.24, 2.45) is 0 Å². The van der Waals surface area contributed by atoms with E-state index in [0.717, 1.165) is 0 Å². The monoisotopic (exact) mass is 858 g/mol. The summed E-state index contributed by atoms with van der Waals surface area (Å²) in [6.07, 6.45) is -15.9. The summed E-state index contributed by atoms with van der Waals surface area (Å²) in [5, 5.41) is -14.7. The second-order valence-corrected chi connectivity index (χ2v) is 21.1. The van der Waals surface area contributed by atoms with Crippen LogP contribution >= 0.6 is 20.6 Å². The van der Waals surface area contributed by atoms with Crippen molar-refractivity contribution in [1.82, 2.24) is 0 Å². The van der Waals surface area contributed by atoms with Crippen LogP contribution in [0.1, 0.15) is 38.5 Å². The van der Waals surface area contributed by atoms with Gasteiger partial charge in [0.05, 0.1) is 11.5 Å². The van der Waals surface area contributed by atoms with Crippen LogP contribution in [0.4, 0.5) is 79.0 Å². The predicted octanol–water partition coefficient (Wildman–Crippen LogP) is 7.91. The summed E-state index contributed by atoms with van der Waals surface area (Å²) in [6.45, 7) is 0. The number of carbonyl (C=O) groups excluding carboxylic acids is 1. The normalized spacial score (nSPS) is 22.1. The number of rotatable bonds is 14. The van der Waals surface area contributed by atoms with E-state index in [1.54, 1.807) is 0 Å². The molecule has 0 bridgehead atoms. The van der Waals surface area contributed by atoms with Gasteiger partial charge in [0.1, 0.15) is 0 Å². The lowest BCUT2D eigenvalue weighted by Gasteiger charge is -2.45. The first-order chi connectivity index (χ1) is 21.9. The van der Waals surface area contributed by atoms with E-state index in [4.69, 9.17) is 0 Å². The molecule has 0 unspecified atom stereocenters. The van der Waals surface area contributed by atoms with Gasteiger partial charge in [-0.2, -0.15) is 95.9 Å². The Hall–Kier alpha value is -1.07. The lowest BCUT2D eigenvalue weighted by atomic mass is 10.1. The van der Waals surface area contributed by atoms with Crippen LogP contribution in [-0.4, -0.2) is 104 Å². The van der Waals surface area contributed by atoms with E-state index < -0.39 is 128 Å². The molecule has 0 amide bonds. The van der Waals surface area contributed by atoms with Crippen LogP contribution in [0.3, 0.4) is 0 Å². The van der Waals surface area contributed by atoms with Crippen LogP contribution < -0.4 is 0 Å². The highest BCUT2D eigenvalue weighted by molar-refractivity contribution is 8.34. The van der Waals surface area contributed by atoms with Crippen molar-refractivity contribution in [3.8, 4) is 0 Å². The number of ketones is 1. The SMILES string of the molecule is O=C(CS1(OS(=O)(=O)C(F)(F)C(F)(F)C(F)(F)C(F)(F)F)CCCCC1)CS1(OS(=O)(=O)C(F)(F)C(F)(F)C(F)(F)C(F)(F)F)CCCCC1. The first-order valence-electron chi connectivity index (χ1n) is 13.3. The van der Waals surface area contributed by atoms with Crippen molar-refractivity contribution in [3.63, 3.8) is 0 Å². The van der Waals surface area contributed by atoms with Gasteiger partial charge in [0.15, 0.2) is 5.78 Å². The van der Waals surface area contributed by atoms with Gasteiger partial charge in [0, 0.05) is 23.0 Å². The Bertz CT molecular complexity index is 1360. The summed E-state index contributed by atoms with van der Waals surface area (Å²) < 4.78 is 299. The molecule has 2 saturated heterocycles. The third-order valence-corrected chi connectivity index (χ3v) is 18.6. The zero-order valence-corrected chi connectivity index (χ0v) is 27.5. The van der Waals surface area contributed by atoms with Crippen LogP contribution in [0.2, 0.25) is 0 Å². The highest BCUT2D eigenvalue weighted by atomic mass is 32.3. The molecular formula is C21H24F18O7S4. The van der Waals surface area contributed by atoms with E-state index in [1.807, 2.05) is 0 Å². The van der Waals surface area contributed by atoms with Crippen molar-refractivity contribution in [2.75, 3.05) is 34.5 Å². The third-order valence-electron chi connectivity index (χ3n) is 7.24. The first kappa shape index (κ1) is 45.1. The molecule has 0 spiro atoms. The van der Waals surface area contributed by atoms with Gasteiger partial charge in [-0.05, 0) is 25.7 Å². The lowest BCUT2D eigenvalue weighted by Crippen LogP contribution is -2.63. The largest absolute Gasteiger partial charge is 0.460 e. The minimum atomic E-state index is -7.73. The Labute approximate surface area is 274 Å². The van der Waals surface area contributed by atoms with Crippen molar-refractivity contribution in [3.05, 3.63) is 0 Å². The van der Waals surface area contributed by atoms with E-state index in [2.05, 4.69) is 7.26 Å². The number of hydrogen-bond acceptors (Lipinski definition) is 7. The van der Waals surface area contributed by atoms with Gasteiger partial charge in [-0.1, -0.05) is 12.8 Å². The summed E-state index contributed by atoms with van der Waals surface area (Å²) >= 11 is 0. The minimum Gasteiger partial charge on any atom is -0.298 e. The molecule has 0 aromatic heterocycles. The number of Topliss-reactive ketones (excluding diaryl/α,β-unsaturated/α-hetero) is 1. The molecule has 2 aliphatic rings. The van der Waals surface area contributed by atoms with Gasteiger partial charge in [0.25, 0.3) is 0 Å². The van der Waals surface area contributed by atoms with Gasteiger partial charge in [-0.3, -0.25) is 4.79 Å². The Morgan fingerprint density at radius 3 is 0.900 bits per heavy atom. The lowest BCUT2D eigenvalue weighted by molar-refractivity contribution is -0.382. The van der Waals surface area contributed by atoms with E-state index in [9.17, 15) is 101 Å². The zero-order chi connectivity index (χ0) is 39.5. The predicted molar refractivity (Wildman–Crippen MR) is 139 cm³/mol. The Morgan fingerprint density at radius 1 is 0.440 bits per heavy atom. The molecule has 29 heteroatoms. The minimum absolute atomic E-state index is 0.0768. The average molecular weight is 859 g/mol. The van der Waals surface area contributed by atoms with Crippen molar-refractivity contribution in [1.29, 1.82) is 0 Å². The Kier molecular flexibility index (Phi) is 12.3. The molecule has 0 N–H and O–H groups in total. The van der Waals surface area contributed by atoms with Gasteiger partial charge in [-0.25, -0.2) is 7.26 Å². The molecule has 0 radical (unpaired) electrons. The summed E-state index contributed by atoms with van der Waals surface area (Å²) in [4.78, 5) is 13.1. The van der Waals surface area contributed by atoms with E-state index in [1.165, 1.54) is 0 Å². The fourth-order valence-corrected chi connectivity index (χ4v) is 16.1. The maximum absolute atomic E-state index is 14.4. The van der Waals surface area contributed by atoms with E-state index in [0.29, 0.717) is 0 Å². The van der Waals surface area contributed by atoms with Gasteiger partial charge in [-0.15, -0.1) is 20.6 Å². The highest BCUT2D eigenvalue weighted by Crippen LogP contribution is 2.63. The third kappa shape index (κ3) is 7.76. The second-order valence-electron chi connectivity index (χ2n) is 11.1. The Balaban J connectivity index is 2.50. The molecule has 7 nitrogen and oxygen atoms in total. The molecule has 2 fully saturated rings. The summed E-state index contributed by atoms with van der Waals surface area (Å²) in [5.41, 5.74) is 0. The highest BCUT2D eigenvalue weighted by Gasteiger charge is 2.87. The molecule has 0 saturated carbocycles. The average Bonchev–Trinajstić information content (AvgIpc) is 2.91. The number of halogens is 18. The summed E-state index contributed by atoms with van der Waals surface area (Å²) in [6, 6.07) is 0. The molecule has 50 heavy (non-hydrogen) atoms. The van der Waals surface area contributed by atoms with Crippen LogP contribution in [0, 0.1) is 0 Å². The van der Waals surface area contributed by atoms with Gasteiger partial charge >= 0.3 is 66.8 Å². The summed E-state index contributed by atoms with van der Waals surface area (Å²) in [7, 11) is -23.4. The van der Waals surface area contributed by atoms with Crippen LogP contribution in [0.15, 0.2) is 0 Å². The van der Waals surface area contributed by atoms with E-state index >= 15 is 0 Å². The van der Waals surface area contributed by atoms with Gasteiger partial charge in [0.2, 0.25) is 0 Å². The number of hydrogen-bond donors (Lipinski definition) is 0. The molecule has 0 atom stereocenters. The van der Waals surface area contributed by atoms with Crippen molar-refractivity contribution in [2.45, 2.75) is 85.1 Å². The molecule has 0 aromatic carbocycles. The van der Waals surface area contributed by atoms with E-state index in [-0.39, 0.29) is 38.5 Å². The Morgan fingerprint density at radius 2 is 0.680 bits per heavy atom. The molecule has 0 aromatic rings. The quantitative estimate of drug-likeness (QED) is 0.164. The van der Waals surface area contributed by atoms with Crippen LogP contribution in [-0.2, 0) is 32.3 Å². The zero-order valence-electron chi connectivity index (χ0n) is 24.3. The van der Waals surface area contributed by atoms with Crippen LogP contribution in [0.5, 0.6) is 0 Å². The molecule has 300 valence electrons. The van der Waals surface area contributed by atoms with Crippen LogP contribution in [0.25, 0.3) is 0 Å². The smallest absolute Gasteiger partial charge is 0.298 e. The molecule has 2 heterocycles. The fraction of sp³-hybridized carbons (Fsp3) is 0.952.